The molecule has 9 nitrogen and oxygen atoms in total. The molecule has 2 aliphatic carbocycles. The molecule has 3 rings (SSSR count). The number of nitrogens with one attached hydrogen (secondary N) is 1. The highest BCUT2D eigenvalue weighted by atomic mass is 16.6. The number of carbonyl (C=O) groups excluding carboxylic acids is 1. The quantitative estimate of drug-likeness (QED) is 0.308. The number of aliphatic hydroxyl groups is 5. The first-order chi connectivity index (χ1) is 10.4. The Morgan fingerprint density at radius 1 is 1.45 bits per heavy atom. The van der Waals surface area contributed by atoms with Crippen LogP contribution in [0.2, 0.25) is 0 Å². The van der Waals surface area contributed by atoms with E-state index in [1.54, 1.807) is 6.08 Å². The zero-order valence-electron chi connectivity index (χ0n) is 11.4. The van der Waals surface area contributed by atoms with Crippen molar-refractivity contribution in [2.75, 3.05) is 6.61 Å². The fraction of sp³-hybridized carbons (Fsp3) is 0.615. The van der Waals surface area contributed by atoms with Crippen molar-refractivity contribution in [3.8, 4) is 0 Å². The van der Waals surface area contributed by atoms with Gasteiger partial charge in [0, 0.05) is 12.0 Å². The molecule has 0 aromatic rings. The van der Waals surface area contributed by atoms with Gasteiger partial charge in [0.15, 0.2) is 5.60 Å². The number of hydrogen-bond acceptors (Lipinski definition) is 8. The number of alkyl carbamates (subject to hydrolysis) is 1. The lowest BCUT2D eigenvalue weighted by Crippen LogP contribution is -2.75. The molecule has 0 aromatic carbocycles. The average Bonchev–Trinajstić information content (AvgIpc) is 2.86. The average molecular weight is 315 g/mol. The number of ether oxygens (including phenoxy) is 2. The van der Waals surface area contributed by atoms with Crippen molar-refractivity contribution in [1.29, 1.82) is 0 Å². The van der Waals surface area contributed by atoms with Crippen molar-refractivity contribution >= 4 is 6.09 Å². The van der Waals surface area contributed by atoms with E-state index in [1.807, 2.05) is 0 Å². The Bertz CT molecular complexity index is 534. The molecule has 6 N–H and O–H groups in total. The number of fused-ring (bicyclic) bond motifs is 1. The Morgan fingerprint density at radius 3 is 2.86 bits per heavy atom. The predicted molar refractivity (Wildman–Crippen MR) is 69.0 cm³/mol. The van der Waals surface area contributed by atoms with Crippen molar-refractivity contribution in [3.05, 3.63) is 24.0 Å². The van der Waals surface area contributed by atoms with Crippen LogP contribution in [0.1, 0.15) is 0 Å². The summed E-state index contributed by atoms with van der Waals surface area (Å²) in [6.45, 7) is -0.629. The largest absolute Gasteiger partial charge is 0.462 e. The highest BCUT2D eigenvalue weighted by Crippen LogP contribution is 2.42. The molecule has 1 saturated carbocycles. The van der Waals surface area contributed by atoms with Crippen LogP contribution >= 0.6 is 0 Å². The van der Waals surface area contributed by atoms with Crippen LogP contribution in [0.3, 0.4) is 0 Å². The third-order valence-electron chi connectivity index (χ3n) is 4.32. The van der Waals surface area contributed by atoms with Gasteiger partial charge in [-0.1, -0.05) is 6.08 Å². The standard InChI is InChI=1S/C13H17NO8/c15-4-6-9(16)10(17)13(6,20)11(18)21-5-1-2-7-8(3-5)22-12(19)14-7/h1-3,6-11,15-18,20H,4H2,(H,14,19). The molecule has 1 saturated heterocycles. The summed E-state index contributed by atoms with van der Waals surface area (Å²) in [6, 6.07) is -0.332. The minimum Gasteiger partial charge on any atom is -0.462 e. The molecule has 2 fully saturated rings. The maximum Gasteiger partial charge on any atom is 0.408 e. The lowest BCUT2D eigenvalue weighted by atomic mass is 9.64. The maximum absolute atomic E-state index is 11.1. The second kappa shape index (κ2) is 5.21. The van der Waals surface area contributed by atoms with Crippen molar-refractivity contribution in [3.63, 3.8) is 0 Å². The Balaban J connectivity index is 1.70. The van der Waals surface area contributed by atoms with Crippen LogP contribution < -0.4 is 5.32 Å². The zero-order chi connectivity index (χ0) is 16.1. The molecular formula is C13H17NO8. The molecule has 3 aliphatic rings. The van der Waals surface area contributed by atoms with Gasteiger partial charge in [-0.3, -0.25) is 0 Å². The van der Waals surface area contributed by atoms with E-state index in [2.05, 4.69) is 5.32 Å². The predicted octanol–water partition coefficient (Wildman–Crippen LogP) is -2.67. The van der Waals surface area contributed by atoms with Gasteiger partial charge in [0.25, 0.3) is 0 Å². The van der Waals surface area contributed by atoms with E-state index in [0.29, 0.717) is 0 Å². The number of rotatable bonds is 4. The van der Waals surface area contributed by atoms with Crippen molar-refractivity contribution in [2.24, 2.45) is 5.92 Å². The Morgan fingerprint density at radius 2 is 2.18 bits per heavy atom. The summed E-state index contributed by atoms with van der Waals surface area (Å²) >= 11 is 0. The van der Waals surface area contributed by atoms with Gasteiger partial charge in [-0.15, -0.1) is 0 Å². The smallest absolute Gasteiger partial charge is 0.408 e. The number of aliphatic hydroxyl groups excluding tert-OH is 4. The van der Waals surface area contributed by atoms with Crippen molar-refractivity contribution < 1.29 is 39.8 Å². The summed E-state index contributed by atoms with van der Waals surface area (Å²) in [6.07, 6.45) is -1.55. The first-order valence-electron chi connectivity index (χ1n) is 6.79. The molecule has 0 radical (unpaired) electrons. The molecule has 122 valence electrons. The van der Waals surface area contributed by atoms with Crippen LogP contribution in [0.4, 0.5) is 4.79 Å². The number of hydrogen-bond donors (Lipinski definition) is 6. The summed E-state index contributed by atoms with van der Waals surface area (Å²) in [4.78, 5) is 11.1. The molecule has 9 heteroatoms. The van der Waals surface area contributed by atoms with E-state index in [0.717, 1.165) is 0 Å². The highest BCUT2D eigenvalue weighted by Gasteiger charge is 2.65. The molecule has 1 heterocycles. The molecule has 1 aliphatic heterocycles. The van der Waals surface area contributed by atoms with Crippen molar-refractivity contribution in [2.45, 2.75) is 36.2 Å². The van der Waals surface area contributed by atoms with E-state index in [1.165, 1.54) is 12.2 Å². The van der Waals surface area contributed by atoms with Gasteiger partial charge in [0.05, 0.1) is 18.8 Å². The first kappa shape index (κ1) is 15.3. The van der Waals surface area contributed by atoms with E-state index in [4.69, 9.17) is 14.6 Å². The van der Waals surface area contributed by atoms with Gasteiger partial charge in [0.1, 0.15) is 18.0 Å². The fourth-order valence-electron chi connectivity index (χ4n) is 2.91. The van der Waals surface area contributed by atoms with Crippen LogP contribution in [0.25, 0.3) is 0 Å². The summed E-state index contributed by atoms with van der Waals surface area (Å²) < 4.78 is 10.1. The molecule has 1 amide bonds. The van der Waals surface area contributed by atoms with E-state index in [9.17, 15) is 25.2 Å². The number of allylic oxidation sites excluding steroid dienone is 1. The lowest BCUT2D eigenvalue weighted by Gasteiger charge is -2.53. The molecule has 0 bridgehead atoms. The lowest BCUT2D eigenvalue weighted by molar-refractivity contribution is -0.340. The van der Waals surface area contributed by atoms with Crippen LogP contribution in [0, 0.1) is 5.92 Å². The zero-order valence-corrected chi connectivity index (χ0v) is 11.4. The fourth-order valence-corrected chi connectivity index (χ4v) is 2.91. The van der Waals surface area contributed by atoms with Crippen LogP contribution in [0.15, 0.2) is 24.0 Å². The second-order valence-corrected chi connectivity index (χ2v) is 5.55. The molecule has 22 heavy (non-hydrogen) atoms. The summed E-state index contributed by atoms with van der Waals surface area (Å²) in [5, 5.41) is 51.1. The Labute approximate surface area is 125 Å². The van der Waals surface area contributed by atoms with Crippen LogP contribution in [-0.4, -0.2) is 74.5 Å². The second-order valence-electron chi connectivity index (χ2n) is 5.55. The van der Waals surface area contributed by atoms with Gasteiger partial charge in [-0.25, -0.2) is 4.79 Å². The highest BCUT2D eigenvalue weighted by molar-refractivity contribution is 5.71. The van der Waals surface area contributed by atoms with Gasteiger partial charge in [-0.2, -0.15) is 0 Å². The normalized spacial score (nSPS) is 44.3. The molecule has 7 unspecified atom stereocenters. The summed E-state index contributed by atoms with van der Waals surface area (Å²) in [5.74, 6) is -1.01. The van der Waals surface area contributed by atoms with E-state index < -0.39 is 48.8 Å². The SMILES string of the molecule is O=C1NC2C=CC(OC(O)C3(O)C(O)C(O)C3CO)=CC2O1. The number of carbonyl (C=O) groups is 1. The van der Waals surface area contributed by atoms with E-state index in [-0.39, 0.29) is 11.8 Å². The molecule has 0 aromatic heterocycles. The van der Waals surface area contributed by atoms with Gasteiger partial charge < -0.3 is 40.3 Å². The van der Waals surface area contributed by atoms with Crippen molar-refractivity contribution in [1.82, 2.24) is 5.32 Å². The summed E-state index contributed by atoms with van der Waals surface area (Å²) in [5.41, 5.74) is -2.19. The van der Waals surface area contributed by atoms with Crippen LogP contribution in [0.5, 0.6) is 0 Å². The van der Waals surface area contributed by atoms with E-state index >= 15 is 0 Å². The van der Waals surface area contributed by atoms with Crippen LogP contribution in [-0.2, 0) is 9.47 Å². The minimum atomic E-state index is -2.19. The topological polar surface area (TPSA) is 149 Å². The Kier molecular flexibility index (Phi) is 3.62. The maximum atomic E-state index is 11.1. The first-order valence-corrected chi connectivity index (χ1v) is 6.79. The third-order valence-corrected chi connectivity index (χ3v) is 4.32. The van der Waals surface area contributed by atoms with Gasteiger partial charge in [-0.05, 0) is 6.08 Å². The monoisotopic (exact) mass is 315 g/mol. The molecule has 0 spiro atoms. The molecular weight excluding hydrogens is 298 g/mol. The molecule has 7 atom stereocenters. The van der Waals surface area contributed by atoms with Gasteiger partial charge in [0.2, 0.25) is 6.29 Å². The Hall–Kier alpha value is -1.65. The van der Waals surface area contributed by atoms with Gasteiger partial charge >= 0.3 is 6.09 Å². The third kappa shape index (κ3) is 2.09. The minimum absolute atomic E-state index is 0.129. The summed E-state index contributed by atoms with van der Waals surface area (Å²) in [7, 11) is 0. The number of amides is 1.